The molecule has 20 heteroatoms. The molecule has 2 aliphatic rings. The van der Waals surface area contributed by atoms with E-state index in [0.29, 0.717) is 25.4 Å². The third-order valence-corrected chi connectivity index (χ3v) is 10.5. The van der Waals surface area contributed by atoms with E-state index in [-0.39, 0.29) is 5.97 Å². The molecular weight excluding hydrogens is 897 g/mol. The highest BCUT2D eigenvalue weighted by molar-refractivity contribution is 5.70. The maximum atomic E-state index is 12.8. The number of hydrogen-bond acceptors (Lipinski definition) is 20. The zero-order valence-electron chi connectivity index (χ0n) is 41.6. The van der Waals surface area contributed by atoms with Gasteiger partial charge in [-0.1, -0.05) is 64.5 Å². The van der Waals surface area contributed by atoms with E-state index in [0.717, 1.165) is 112 Å². The zero-order valence-corrected chi connectivity index (χ0v) is 41.6. The maximum absolute atomic E-state index is 12.8. The summed E-state index contributed by atoms with van der Waals surface area (Å²) in [5.41, 5.74) is 0. The molecule has 0 amide bonds. The van der Waals surface area contributed by atoms with Crippen molar-refractivity contribution in [3.8, 4) is 0 Å². The minimum absolute atomic E-state index is 0.117. The van der Waals surface area contributed by atoms with Gasteiger partial charge in [-0.2, -0.15) is 0 Å². The molecule has 0 N–H and O–H groups in total. The Morgan fingerprint density at radius 1 is 0.456 bits per heavy atom. The van der Waals surface area contributed by atoms with Crippen molar-refractivity contribution in [3.63, 3.8) is 0 Å². The van der Waals surface area contributed by atoms with Crippen LogP contribution in [-0.2, 0) is 95.2 Å². The predicted octanol–water partition coefficient (Wildman–Crippen LogP) is 5.84. The third kappa shape index (κ3) is 24.1. The molecule has 0 aromatic carbocycles. The number of rotatable bonds is 30. The molecule has 0 aliphatic carbocycles. The largest absolute Gasteiger partial charge is 0.465 e. The molecule has 11 atom stereocenters. The van der Waals surface area contributed by atoms with Crippen molar-refractivity contribution in [3.05, 3.63) is 12.2 Å². The Morgan fingerprint density at radius 2 is 0.868 bits per heavy atom. The summed E-state index contributed by atoms with van der Waals surface area (Å²) in [5.74, 6) is -5.47. The summed E-state index contributed by atoms with van der Waals surface area (Å²) in [6.45, 7) is 13.0. The van der Waals surface area contributed by atoms with Crippen LogP contribution in [0.1, 0.15) is 153 Å². The van der Waals surface area contributed by atoms with Gasteiger partial charge in [0, 0.05) is 54.9 Å². The number of unbranched alkanes of at least 4 members (excludes halogenated alkanes) is 9. The molecule has 0 radical (unpaired) electrons. The summed E-state index contributed by atoms with van der Waals surface area (Å²) >= 11 is 0. The highest BCUT2D eigenvalue weighted by Gasteiger charge is 2.58. The summed E-state index contributed by atoms with van der Waals surface area (Å²) in [6.07, 6.45) is 0.370. The molecule has 0 spiro atoms. The number of carbonyl (C=O) groups excluding carboxylic acids is 8. The van der Waals surface area contributed by atoms with E-state index in [2.05, 4.69) is 12.2 Å². The van der Waals surface area contributed by atoms with Gasteiger partial charge >= 0.3 is 47.8 Å². The fourth-order valence-corrected chi connectivity index (χ4v) is 7.55. The molecule has 0 bridgehead atoms. The van der Waals surface area contributed by atoms with Gasteiger partial charge in [-0.3, -0.25) is 38.4 Å². The molecular formula is C48H76O20. The van der Waals surface area contributed by atoms with Crippen LogP contribution in [0.3, 0.4) is 0 Å². The van der Waals surface area contributed by atoms with E-state index in [1.54, 1.807) is 6.92 Å². The van der Waals surface area contributed by atoms with Gasteiger partial charge in [0.2, 0.25) is 0 Å². The summed E-state index contributed by atoms with van der Waals surface area (Å²) in [5, 5.41) is 0. The Kier molecular flexibility index (Phi) is 28.2. The summed E-state index contributed by atoms with van der Waals surface area (Å²) < 4.78 is 69.1. The Balaban J connectivity index is 2.24. The molecule has 0 saturated carbocycles. The summed E-state index contributed by atoms with van der Waals surface area (Å²) in [7, 11) is 0. The lowest BCUT2D eigenvalue weighted by Crippen LogP contribution is -2.67. The molecule has 0 aromatic heterocycles. The van der Waals surface area contributed by atoms with Crippen molar-refractivity contribution in [1.82, 2.24) is 0 Å². The van der Waals surface area contributed by atoms with E-state index in [9.17, 15) is 38.4 Å². The second-order valence-corrected chi connectivity index (χ2v) is 17.5. The van der Waals surface area contributed by atoms with Gasteiger partial charge in [-0.25, -0.2) is 0 Å². The second kappa shape index (κ2) is 32.2. The van der Waals surface area contributed by atoms with Gasteiger partial charge in [0.1, 0.15) is 25.4 Å². The van der Waals surface area contributed by atoms with Crippen LogP contribution in [0.25, 0.3) is 0 Å². The third-order valence-electron chi connectivity index (χ3n) is 10.5. The van der Waals surface area contributed by atoms with Crippen molar-refractivity contribution >= 4 is 47.8 Å². The molecule has 388 valence electrons. The molecule has 20 nitrogen and oxygen atoms in total. The van der Waals surface area contributed by atoms with Crippen molar-refractivity contribution in [2.45, 2.75) is 220 Å². The topological polar surface area (TPSA) is 247 Å². The van der Waals surface area contributed by atoms with Crippen LogP contribution in [-0.4, -0.2) is 135 Å². The second-order valence-electron chi connectivity index (χ2n) is 17.5. The van der Waals surface area contributed by atoms with Crippen LogP contribution in [0, 0.1) is 5.92 Å². The molecule has 68 heavy (non-hydrogen) atoms. The first-order valence-electron chi connectivity index (χ1n) is 23.7. The minimum Gasteiger partial charge on any atom is -0.465 e. The molecule has 2 saturated heterocycles. The fraction of sp³-hybridized carbons (Fsp3) is 0.792. The molecule has 2 heterocycles. The molecule has 2 aliphatic heterocycles. The zero-order chi connectivity index (χ0) is 50.8. The quantitative estimate of drug-likeness (QED) is 0.0355. The van der Waals surface area contributed by atoms with E-state index in [1.807, 2.05) is 13.8 Å². The van der Waals surface area contributed by atoms with Crippen LogP contribution in [0.4, 0.5) is 0 Å². The predicted molar refractivity (Wildman–Crippen MR) is 239 cm³/mol. The monoisotopic (exact) mass is 972 g/mol. The first-order valence-corrected chi connectivity index (χ1v) is 23.7. The van der Waals surface area contributed by atoms with Gasteiger partial charge in [0.15, 0.2) is 49.2 Å². The average Bonchev–Trinajstić information content (AvgIpc) is 3.23. The first kappa shape index (κ1) is 59.5. The maximum Gasteiger partial charge on any atom is 0.305 e. The van der Waals surface area contributed by atoms with Gasteiger partial charge in [0.25, 0.3) is 0 Å². The van der Waals surface area contributed by atoms with Crippen LogP contribution in [0.2, 0.25) is 0 Å². The highest BCUT2D eigenvalue weighted by atomic mass is 16.8. The number of carbonyl (C=O) groups is 8. The number of hydrogen-bond donors (Lipinski definition) is 0. The standard InChI is InChI=1S/C48H76O20/c1-29(2)26-59-40(56)25-23-21-19-17-15-13-11-12-14-16-18-20-22-24-30(3)60-47-46(44(64-36(9)54)42(62-34(7)52)38(66-47)27-57-31(4)49)68-48-45(65-37(10)55)43(63-35(8)53)41(61-33(6)51)39(67-48)28-58-32(5)50/h11-12,29-30,38-39,41-48H,13-28H2,1-10H3/b12-11-/t30?,38-,39-,41-,42-,43+,44+,45-,46-,47-,48+/m1/s1. The molecule has 1 unspecified atom stereocenters. The van der Waals surface area contributed by atoms with Gasteiger partial charge < -0.3 is 56.8 Å². The van der Waals surface area contributed by atoms with E-state index in [4.69, 9.17) is 56.8 Å². The lowest BCUT2D eigenvalue weighted by molar-refractivity contribution is -0.372. The van der Waals surface area contributed by atoms with Crippen LogP contribution in [0.5, 0.6) is 0 Å². The van der Waals surface area contributed by atoms with Crippen LogP contribution >= 0.6 is 0 Å². The summed E-state index contributed by atoms with van der Waals surface area (Å²) in [4.78, 5) is 98.4. The normalized spacial score (nSPS) is 25.2. The molecule has 2 fully saturated rings. The smallest absolute Gasteiger partial charge is 0.305 e. The van der Waals surface area contributed by atoms with Crippen LogP contribution < -0.4 is 0 Å². The van der Waals surface area contributed by atoms with Crippen molar-refractivity contribution in [2.75, 3.05) is 19.8 Å². The van der Waals surface area contributed by atoms with Gasteiger partial charge in [-0.15, -0.1) is 0 Å². The lowest BCUT2D eigenvalue weighted by atomic mass is 9.96. The number of esters is 8. The van der Waals surface area contributed by atoms with E-state index in [1.165, 1.54) is 6.92 Å². The Morgan fingerprint density at radius 3 is 1.34 bits per heavy atom. The van der Waals surface area contributed by atoms with Gasteiger partial charge in [-0.05, 0) is 51.4 Å². The van der Waals surface area contributed by atoms with Crippen LogP contribution in [0.15, 0.2) is 12.2 Å². The van der Waals surface area contributed by atoms with E-state index < -0.39 is 123 Å². The lowest BCUT2D eigenvalue weighted by Gasteiger charge is -2.49. The van der Waals surface area contributed by atoms with E-state index >= 15 is 0 Å². The number of allylic oxidation sites excluding steroid dienone is 2. The van der Waals surface area contributed by atoms with Crippen molar-refractivity contribution < 1.29 is 95.2 Å². The van der Waals surface area contributed by atoms with Crippen molar-refractivity contribution in [2.24, 2.45) is 5.92 Å². The minimum atomic E-state index is -1.77. The molecule has 0 aromatic rings. The first-order chi connectivity index (χ1) is 32.2. The SMILES string of the molecule is CC(=O)OC[C@H]1O[C@@H](O[C@H]2[C@H](OC(C)CCCCCC/C=C\CCCCCCCC(=O)OCC(C)C)O[C@H](COC(C)=O)[C@@H](OC(C)=O)[C@@H]2OC(C)=O)[C@H](OC(C)=O)[C@@H](OC(C)=O)[C@@H]1OC(C)=O. The van der Waals surface area contributed by atoms with Crippen molar-refractivity contribution in [1.29, 1.82) is 0 Å². The fourth-order valence-electron chi connectivity index (χ4n) is 7.55. The Labute approximate surface area is 400 Å². The Bertz CT molecular complexity index is 1630. The number of ether oxygens (including phenoxy) is 12. The highest BCUT2D eigenvalue weighted by Crippen LogP contribution is 2.36. The average molecular weight is 973 g/mol. The summed E-state index contributed by atoms with van der Waals surface area (Å²) in [6, 6.07) is 0. The molecule has 2 rings (SSSR count). The van der Waals surface area contributed by atoms with Gasteiger partial charge in [0.05, 0.1) is 12.7 Å². The Hall–Kier alpha value is -4.66.